The van der Waals surface area contributed by atoms with Crippen molar-refractivity contribution in [3.05, 3.63) is 20.8 Å². The number of likely N-dealkylation sites (tertiary alicyclic amines) is 1. The van der Waals surface area contributed by atoms with Crippen LogP contribution in [0.25, 0.3) is 0 Å². The highest BCUT2D eigenvalue weighted by atomic mass is 79.9. The fraction of sp³-hybridized carbons (Fsp3) is 0.733. The number of hydrogen-bond acceptors (Lipinski definition) is 3. The maximum atomic E-state index is 3.63. The van der Waals surface area contributed by atoms with Gasteiger partial charge < -0.3 is 5.32 Å². The Morgan fingerprint density at radius 2 is 2.16 bits per heavy atom. The number of nitrogens with one attached hydrogen (secondary N) is 1. The van der Waals surface area contributed by atoms with E-state index in [1.54, 1.807) is 0 Å². The number of hydrogen-bond donors (Lipinski definition) is 1. The lowest BCUT2D eigenvalue weighted by atomic mass is 9.96. The molecule has 0 aliphatic carbocycles. The summed E-state index contributed by atoms with van der Waals surface area (Å²) in [5.74, 6) is 1.64. The zero-order valence-corrected chi connectivity index (χ0v) is 14.4. The molecule has 0 bridgehead atoms. The van der Waals surface area contributed by atoms with Crippen molar-refractivity contribution in [2.45, 2.75) is 33.2 Å². The quantitative estimate of drug-likeness (QED) is 0.839. The molecule has 1 saturated heterocycles. The highest BCUT2D eigenvalue weighted by Crippen LogP contribution is 2.26. The predicted octanol–water partition coefficient (Wildman–Crippen LogP) is 3.97. The summed E-state index contributed by atoms with van der Waals surface area (Å²) in [5, 5.41) is 5.77. The molecule has 0 amide bonds. The van der Waals surface area contributed by atoms with Crippen LogP contribution in [0.5, 0.6) is 0 Å². The van der Waals surface area contributed by atoms with E-state index < -0.39 is 0 Å². The molecule has 2 heterocycles. The Morgan fingerprint density at radius 1 is 1.42 bits per heavy atom. The Hall–Kier alpha value is 0.100. The Kier molecular flexibility index (Phi) is 6.33. The van der Waals surface area contributed by atoms with Gasteiger partial charge in [0.2, 0.25) is 0 Å². The van der Waals surface area contributed by atoms with Crippen molar-refractivity contribution in [2.24, 2.45) is 11.8 Å². The maximum Gasteiger partial charge on any atom is 0.0339 e. The van der Waals surface area contributed by atoms with E-state index in [1.807, 2.05) is 11.3 Å². The standard InChI is InChI=1S/C15H25BrN2S/c1-12(2)9-17-10-13-3-6-18(7-4-13)11-15-14(16)5-8-19-15/h5,8,12-13,17H,3-4,6-7,9-11H2,1-2H3. The number of piperidine rings is 1. The first-order valence-electron chi connectivity index (χ1n) is 7.30. The average Bonchev–Trinajstić information content (AvgIpc) is 2.77. The summed E-state index contributed by atoms with van der Waals surface area (Å²) < 4.78 is 1.28. The lowest BCUT2D eigenvalue weighted by molar-refractivity contribution is 0.176. The van der Waals surface area contributed by atoms with Crippen LogP contribution in [-0.2, 0) is 6.54 Å². The van der Waals surface area contributed by atoms with Crippen LogP contribution in [0.3, 0.4) is 0 Å². The molecule has 4 heteroatoms. The summed E-state index contributed by atoms with van der Waals surface area (Å²) in [5.41, 5.74) is 0. The van der Waals surface area contributed by atoms with Gasteiger partial charge in [-0.3, -0.25) is 4.90 Å². The van der Waals surface area contributed by atoms with Gasteiger partial charge in [0.05, 0.1) is 0 Å². The van der Waals surface area contributed by atoms with Crippen LogP contribution in [0.1, 0.15) is 31.6 Å². The van der Waals surface area contributed by atoms with Crippen LogP contribution in [0.4, 0.5) is 0 Å². The molecule has 19 heavy (non-hydrogen) atoms. The zero-order valence-electron chi connectivity index (χ0n) is 12.0. The smallest absolute Gasteiger partial charge is 0.0339 e. The largest absolute Gasteiger partial charge is 0.316 e. The number of thiophene rings is 1. The third kappa shape index (κ3) is 5.18. The molecular formula is C15H25BrN2S. The first kappa shape index (κ1) is 15.5. The minimum Gasteiger partial charge on any atom is -0.316 e. The second-order valence-electron chi connectivity index (χ2n) is 5.96. The second-order valence-corrected chi connectivity index (χ2v) is 7.82. The molecule has 0 spiro atoms. The first-order chi connectivity index (χ1) is 9.15. The maximum absolute atomic E-state index is 3.63. The van der Waals surface area contributed by atoms with E-state index in [0.29, 0.717) is 0 Å². The highest BCUT2D eigenvalue weighted by Gasteiger charge is 2.19. The minimum absolute atomic E-state index is 0.760. The van der Waals surface area contributed by atoms with Crippen LogP contribution in [0.2, 0.25) is 0 Å². The SMILES string of the molecule is CC(C)CNCC1CCN(Cc2sccc2Br)CC1. The molecule has 2 nitrogen and oxygen atoms in total. The molecule has 0 unspecified atom stereocenters. The molecule has 1 aromatic rings. The molecule has 1 aliphatic heterocycles. The number of halogens is 1. The lowest BCUT2D eigenvalue weighted by Crippen LogP contribution is -2.37. The molecule has 1 fully saturated rings. The molecule has 1 N–H and O–H groups in total. The molecule has 2 rings (SSSR count). The third-order valence-corrected chi connectivity index (χ3v) is 5.66. The third-order valence-electron chi connectivity index (χ3n) is 3.75. The van der Waals surface area contributed by atoms with E-state index in [9.17, 15) is 0 Å². The van der Waals surface area contributed by atoms with Crippen LogP contribution >= 0.6 is 27.3 Å². The summed E-state index contributed by atoms with van der Waals surface area (Å²) in [6, 6.07) is 2.16. The van der Waals surface area contributed by atoms with Crippen molar-refractivity contribution < 1.29 is 0 Å². The number of nitrogens with zero attached hydrogens (tertiary/aromatic N) is 1. The van der Waals surface area contributed by atoms with Crippen molar-refractivity contribution in [1.29, 1.82) is 0 Å². The van der Waals surface area contributed by atoms with Gasteiger partial charge in [-0.25, -0.2) is 0 Å². The van der Waals surface area contributed by atoms with E-state index in [-0.39, 0.29) is 0 Å². The van der Waals surface area contributed by atoms with Crippen LogP contribution < -0.4 is 5.32 Å². The van der Waals surface area contributed by atoms with Crippen molar-refractivity contribution in [3.8, 4) is 0 Å². The summed E-state index contributed by atoms with van der Waals surface area (Å²) in [7, 11) is 0. The average molecular weight is 345 g/mol. The molecule has 0 radical (unpaired) electrons. The number of rotatable bonds is 6. The van der Waals surface area contributed by atoms with Crippen LogP contribution in [0, 0.1) is 11.8 Å². The molecule has 0 aromatic carbocycles. The van der Waals surface area contributed by atoms with E-state index >= 15 is 0 Å². The lowest BCUT2D eigenvalue weighted by Gasteiger charge is -2.32. The Morgan fingerprint density at radius 3 is 2.74 bits per heavy atom. The Labute approximate surface area is 129 Å². The van der Waals surface area contributed by atoms with Gasteiger partial charge in [0, 0.05) is 15.9 Å². The van der Waals surface area contributed by atoms with Gasteiger partial charge in [-0.05, 0) is 78.2 Å². The predicted molar refractivity (Wildman–Crippen MR) is 87.7 cm³/mol. The second kappa shape index (κ2) is 7.77. The topological polar surface area (TPSA) is 15.3 Å². The summed E-state index contributed by atoms with van der Waals surface area (Å²) in [6.45, 7) is 10.5. The van der Waals surface area contributed by atoms with E-state index in [1.165, 1.54) is 41.8 Å². The van der Waals surface area contributed by atoms with Crippen molar-refractivity contribution in [1.82, 2.24) is 10.2 Å². The molecule has 0 saturated carbocycles. The van der Waals surface area contributed by atoms with Gasteiger partial charge in [0.1, 0.15) is 0 Å². The van der Waals surface area contributed by atoms with Gasteiger partial charge in [-0.15, -0.1) is 11.3 Å². The summed E-state index contributed by atoms with van der Waals surface area (Å²) in [4.78, 5) is 4.06. The van der Waals surface area contributed by atoms with Gasteiger partial charge in [-0.2, -0.15) is 0 Å². The van der Waals surface area contributed by atoms with Crippen molar-refractivity contribution in [2.75, 3.05) is 26.2 Å². The fourth-order valence-electron chi connectivity index (χ4n) is 2.57. The fourth-order valence-corrected chi connectivity index (χ4v) is 4.08. The Balaban J connectivity index is 1.66. The normalized spacial score (nSPS) is 18.3. The molecule has 0 atom stereocenters. The summed E-state index contributed by atoms with van der Waals surface area (Å²) >= 11 is 5.49. The van der Waals surface area contributed by atoms with E-state index in [2.05, 4.69) is 51.4 Å². The molecule has 1 aliphatic rings. The van der Waals surface area contributed by atoms with Crippen LogP contribution in [0.15, 0.2) is 15.9 Å². The monoisotopic (exact) mass is 344 g/mol. The van der Waals surface area contributed by atoms with Gasteiger partial charge in [0.15, 0.2) is 0 Å². The van der Waals surface area contributed by atoms with Gasteiger partial charge in [-0.1, -0.05) is 13.8 Å². The highest BCUT2D eigenvalue weighted by molar-refractivity contribution is 9.10. The zero-order chi connectivity index (χ0) is 13.7. The van der Waals surface area contributed by atoms with Crippen LogP contribution in [-0.4, -0.2) is 31.1 Å². The molecule has 1 aromatic heterocycles. The minimum atomic E-state index is 0.760. The molecular weight excluding hydrogens is 320 g/mol. The summed E-state index contributed by atoms with van der Waals surface area (Å²) in [6.07, 6.45) is 2.68. The molecule has 108 valence electrons. The van der Waals surface area contributed by atoms with E-state index in [0.717, 1.165) is 24.9 Å². The van der Waals surface area contributed by atoms with Gasteiger partial charge in [0.25, 0.3) is 0 Å². The van der Waals surface area contributed by atoms with Crippen molar-refractivity contribution in [3.63, 3.8) is 0 Å². The first-order valence-corrected chi connectivity index (χ1v) is 8.97. The van der Waals surface area contributed by atoms with Gasteiger partial charge >= 0.3 is 0 Å². The van der Waals surface area contributed by atoms with E-state index in [4.69, 9.17) is 0 Å². The van der Waals surface area contributed by atoms with Crippen molar-refractivity contribution >= 4 is 27.3 Å². The Bertz CT molecular complexity index is 370.